The van der Waals surface area contributed by atoms with Crippen LogP contribution in [0.2, 0.25) is 0 Å². The van der Waals surface area contributed by atoms with Gasteiger partial charge in [0.2, 0.25) is 0 Å². The van der Waals surface area contributed by atoms with Gasteiger partial charge in [-0.25, -0.2) is 9.97 Å². The molecule has 0 spiro atoms. The zero-order chi connectivity index (χ0) is 10.5. The van der Waals surface area contributed by atoms with Crippen molar-refractivity contribution < 1.29 is 4.74 Å². The number of aromatic nitrogens is 2. The van der Waals surface area contributed by atoms with Crippen LogP contribution in [0.4, 0.5) is 0 Å². The molecule has 82 valence electrons. The van der Waals surface area contributed by atoms with Crippen LogP contribution in [-0.4, -0.2) is 23.2 Å². The van der Waals surface area contributed by atoms with E-state index >= 15 is 0 Å². The van der Waals surface area contributed by atoms with Crippen molar-refractivity contribution in [3.8, 4) is 0 Å². The lowest BCUT2D eigenvalue weighted by molar-refractivity contribution is 0.0616. The summed E-state index contributed by atoms with van der Waals surface area (Å²) in [5.41, 5.74) is 6.06. The molecule has 1 aromatic rings. The highest BCUT2D eigenvalue weighted by Crippen LogP contribution is 2.24. The zero-order valence-electron chi connectivity index (χ0n) is 8.80. The quantitative estimate of drug-likeness (QED) is 0.811. The standard InChI is InChI=1S/C11H17N3O/c12-10(11-13-4-1-5-14-11)8-9-2-6-15-7-3-9/h1,4-5,9-10H,2-3,6-8,12H2. The molecule has 1 saturated heterocycles. The van der Waals surface area contributed by atoms with Gasteiger partial charge in [0.15, 0.2) is 0 Å². The molecule has 1 aromatic heterocycles. The third-order valence-electron chi connectivity index (χ3n) is 2.85. The van der Waals surface area contributed by atoms with Crippen LogP contribution in [0.25, 0.3) is 0 Å². The van der Waals surface area contributed by atoms with Gasteiger partial charge in [-0.3, -0.25) is 0 Å². The Labute approximate surface area is 89.9 Å². The number of hydrogen-bond donors (Lipinski definition) is 1. The maximum atomic E-state index is 6.06. The fourth-order valence-electron chi connectivity index (χ4n) is 1.95. The van der Waals surface area contributed by atoms with Crippen LogP contribution < -0.4 is 5.73 Å². The van der Waals surface area contributed by atoms with E-state index in [1.54, 1.807) is 12.4 Å². The first-order valence-electron chi connectivity index (χ1n) is 5.46. The van der Waals surface area contributed by atoms with Crippen molar-refractivity contribution in [2.24, 2.45) is 11.7 Å². The molecule has 0 radical (unpaired) electrons. The molecular weight excluding hydrogens is 190 g/mol. The minimum absolute atomic E-state index is 0.0331. The molecule has 15 heavy (non-hydrogen) atoms. The fraction of sp³-hybridized carbons (Fsp3) is 0.636. The van der Waals surface area contributed by atoms with Crippen LogP contribution in [0, 0.1) is 5.92 Å². The largest absolute Gasteiger partial charge is 0.381 e. The predicted octanol–water partition coefficient (Wildman–Crippen LogP) is 1.29. The Morgan fingerprint density at radius 1 is 1.33 bits per heavy atom. The van der Waals surface area contributed by atoms with E-state index < -0.39 is 0 Å². The molecule has 2 rings (SSSR count). The van der Waals surface area contributed by atoms with Gasteiger partial charge in [0.25, 0.3) is 0 Å². The molecule has 1 aliphatic heterocycles. The third kappa shape index (κ3) is 2.97. The Morgan fingerprint density at radius 2 is 2.00 bits per heavy atom. The van der Waals surface area contributed by atoms with E-state index in [4.69, 9.17) is 10.5 Å². The summed E-state index contributed by atoms with van der Waals surface area (Å²) in [6.45, 7) is 1.74. The molecule has 1 aliphatic rings. The molecule has 0 amide bonds. The molecule has 4 nitrogen and oxygen atoms in total. The molecule has 1 fully saturated rings. The highest BCUT2D eigenvalue weighted by atomic mass is 16.5. The smallest absolute Gasteiger partial charge is 0.144 e. The first-order chi connectivity index (χ1) is 7.36. The van der Waals surface area contributed by atoms with Crippen molar-refractivity contribution in [2.75, 3.05) is 13.2 Å². The van der Waals surface area contributed by atoms with Gasteiger partial charge in [0.1, 0.15) is 5.82 Å². The van der Waals surface area contributed by atoms with Gasteiger partial charge in [-0.05, 0) is 31.2 Å². The summed E-state index contributed by atoms with van der Waals surface area (Å²) in [4.78, 5) is 8.35. The first kappa shape index (κ1) is 10.5. The fourth-order valence-corrected chi connectivity index (χ4v) is 1.95. The number of nitrogens with zero attached hydrogens (tertiary/aromatic N) is 2. The summed E-state index contributed by atoms with van der Waals surface area (Å²) in [5, 5.41) is 0. The van der Waals surface area contributed by atoms with Crippen molar-refractivity contribution in [3.05, 3.63) is 24.3 Å². The highest BCUT2D eigenvalue weighted by Gasteiger charge is 2.19. The van der Waals surface area contributed by atoms with Crippen molar-refractivity contribution in [1.82, 2.24) is 9.97 Å². The molecule has 4 heteroatoms. The average molecular weight is 207 g/mol. The van der Waals surface area contributed by atoms with Crippen LogP contribution in [0.3, 0.4) is 0 Å². The molecule has 2 heterocycles. The Bertz CT molecular complexity index is 285. The second-order valence-corrected chi connectivity index (χ2v) is 4.00. The van der Waals surface area contributed by atoms with Gasteiger partial charge < -0.3 is 10.5 Å². The van der Waals surface area contributed by atoms with E-state index in [0.717, 1.165) is 38.3 Å². The Morgan fingerprint density at radius 3 is 2.67 bits per heavy atom. The second-order valence-electron chi connectivity index (χ2n) is 4.00. The minimum Gasteiger partial charge on any atom is -0.381 e. The Balaban J connectivity index is 1.88. The van der Waals surface area contributed by atoms with Gasteiger partial charge in [-0.15, -0.1) is 0 Å². The minimum atomic E-state index is -0.0331. The van der Waals surface area contributed by atoms with E-state index in [9.17, 15) is 0 Å². The SMILES string of the molecule is NC(CC1CCOCC1)c1ncccn1. The van der Waals surface area contributed by atoms with Gasteiger partial charge in [-0.2, -0.15) is 0 Å². The van der Waals surface area contributed by atoms with E-state index in [1.807, 2.05) is 6.07 Å². The van der Waals surface area contributed by atoms with Crippen molar-refractivity contribution in [1.29, 1.82) is 0 Å². The van der Waals surface area contributed by atoms with E-state index in [-0.39, 0.29) is 6.04 Å². The lowest BCUT2D eigenvalue weighted by Crippen LogP contribution is -2.22. The van der Waals surface area contributed by atoms with Crippen LogP contribution in [0.5, 0.6) is 0 Å². The molecule has 1 unspecified atom stereocenters. The van der Waals surface area contributed by atoms with Crippen molar-refractivity contribution >= 4 is 0 Å². The van der Waals surface area contributed by atoms with Gasteiger partial charge in [-0.1, -0.05) is 0 Å². The lowest BCUT2D eigenvalue weighted by Gasteiger charge is -2.24. The number of hydrogen-bond acceptors (Lipinski definition) is 4. The van der Waals surface area contributed by atoms with E-state index in [2.05, 4.69) is 9.97 Å². The van der Waals surface area contributed by atoms with Crippen LogP contribution in [-0.2, 0) is 4.74 Å². The number of rotatable bonds is 3. The molecule has 0 bridgehead atoms. The van der Waals surface area contributed by atoms with Crippen molar-refractivity contribution in [3.63, 3.8) is 0 Å². The summed E-state index contributed by atoms with van der Waals surface area (Å²) in [6.07, 6.45) is 6.67. The van der Waals surface area contributed by atoms with E-state index in [1.165, 1.54) is 0 Å². The number of ether oxygens (including phenoxy) is 1. The van der Waals surface area contributed by atoms with Crippen molar-refractivity contribution in [2.45, 2.75) is 25.3 Å². The topological polar surface area (TPSA) is 61.0 Å². The summed E-state index contributed by atoms with van der Waals surface area (Å²) >= 11 is 0. The molecule has 0 aromatic carbocycles. The van der Waals surface area contributed by atoms with Gasteiger partial charge in [0, 0.05) is 25.6 Å². The average Bonchev–Trinajstić information content (AvgIpc) is 2.31. The molecule has 0 saturated carbocycles. The summed E-state index contributed by atoms with van der Waals surface area (Å²) < 4.78 is 5.31. The maximum Gasteiger partial charge on any atom is 0.144 e. The predicted molar refractivity (Wildman–Crippen MR) is 57.1 cm³/mol. The summed E-state index contributed by atoms with van der Waals surface area (Å²) in [7, 11) is 0. The number of nitrogens with two attached hydrogens (primary N) is 1. The van der Waals surface area contributed by atoms with Gasteiger partial charge >= 0.3 is 0 Å². The summed E-state index contributed by atoms with van der Waals surface area (Å²) in [6, 6.07) is 1.78. The van der Waals surface area contributed by atoms with E-state index in [0.29, 0.717) is 5.92 Å². The summed E-state index contributed by atoms with van der Waals surface area (Å²) in [5.74, 6) is 1.42. The molecule has 0 aliphatic carbocycles. The third-order valence-corrected chi connectivity index (χ3v) is 2.85. The monoisotopic (exact) mass is 207 g/mol. The Kier molecular flexibility index (Phi) is 3.64. The van der Waals surface area contributed by atoms with Crippen LogP contribution >= 0.6 is 0 Å². The van der Waals surface area contributed by atoms with Gasteiger partial charge in [0.05, 0.1) is 6.04 Å². The molecule has 1 atom stereocenters. The second kappa shape index (κ2) is 5.19. The lowest BCUT2D eigenvalue weighted by atomic mass is 9.92. The van der Waals surface area contributed by atoms with Crippen LogP contribution in [0.15, 0.2) is 18.5 Å². The van der Waals surface area contributed by atoms with Crippen LogP contribution in [0.1, 0.15) is 31.1 Å². The first-order valence-corrected chi connectivity index (χ1v) is 5.46. The normalized spacial score (nSPS) is 20.1. The maximum absolute atomic E-state index is 6.06. The highest BCUT2D eigenvalue weighted by molar-refractivity contribution is 4.95. The molecular formula is C11H17N3O. The zero-order valence-corrected chi connectivity index (χ0v) is 8.80. The Hall–Kier alpha value is -1.00. The molecule has 2 N–H and O–H groups in total.